The number of hydrogen-bond acceptors (Lipinski definition) is 3. The maximum absolute atomic E-state index is 13.6. The van der Waals surface area contributed by atoms with Crippen molar-refractivity contribution in [3.05, 3.63) is 81.0 Å². The summed E-state index contributed by atoms with van der Waals surface area (Å²) in [7, 11) is 0. The third-order valence-electron chi connectivity index (χ3n) is 3.44. The summed E-state index contributed by atoms with van der Waals surface area (Å²) < 4.78 is 33.0. The van der Waals surface area contributed by atoms with Crippen LogP contribution in [0.5, 0.6) is 0 Å². The molecular formula is C18H13BrF2N2O. The number of aromatic nitrogens is 2. The van der Waals surface area contributed by atoms with Gasteiger partial charge in [0.1, 0.15) is 11.6 Å². The SMILES string of the molecule is Cc1ccc(Cc2nnc(/C=C/c3ccc(F)cc3F)o2)cc1Br. The molecule has 1 aromatic heterocycles. The van der Waals surface area contributed by atoms with Gasteiger partial charge < -0.3 is 4.42 Å². The van der Waals surface area contributed by atoms with E-state index in [-0.39, 0.29) is 11.5 Å². The predicted molar refractivity (Wildman–Crippen MR) is 91.3 cm³/mol. The molecule has 0 saturated carbocycles. The highest BCUT2D eigenvalue weighted by molar-refractivity contribution is 9.10. The van der Waals surface area contributed by atoms with Crippen molar-refractivity contribution in [1.29, 1.82) is 0 Å². The molecule has 0 aliphatic heterocycles. The Labute approximate surface area is 146 Å². The molecule has 2 aromatic carbocycles. The van der Waals surface area contributed by atoms with Crippen LogP contribution in [0.2, 0.25) is 0 Å². The van der Waals surface area contributed by atoms with Crippen molar-refractivity contribution in [3.8, 4) is 0 Å². The first kappa shape index (κ1) is 16.5. The highest BCUT2D eigenvalue weighted by atomic mass is 79.9. The Bertz CT molecular complexity index is 906. The summed E-state index contributed by atoms with van der Waals surface area (Å²) in [5, 5.41) is 7.88. The molecule has 0 aliphatic carbocycles. The molecule has 6 heteroatoms. The fraction of sp³-hybridized carbons (Fsp3) is 0.111. The van der Waals surface area contributed by atoms with Crippen LogP contribution in [0.25, 0.3) is 12.2 Å². The monoisotopic (exact) mass is 390 g/mol. The van der Waals surface area contributed by atoms with Gasteiger partial charge in [0.15, 0.2) is 0 Å². The van der Waals surface area contributed by atoms with E-state index in [1.165, 1.54) is 24.3 Å². The first-order valence-corrected chi connectivity index (χ1v) is 8.01. The quantitative estimate of drug-likeness (QED) is 0.615. The molecule has 3 aromatic rings. The second-order valence-corrected chi connectivity index (χ2v) is 6.15. The van der Waals surface area contributed by atoms with Crippen molar-refractivity contribution < 1.29 is 13.2 Å². The number of halogens is 3. The predicted octanol–water partition coefficient (Wildman–Crippen LogP) is 5.18. The van der Waals surface area contributed by atoms with Gasteiger partial charge >= 0.3 is 0 Å². The topological polar surface area (TPSA) is 38.9 Å². The largest absolute Gasteiger partial charge is 0.421 e. The molecule has 0 aliphatic rings. The van der Waals surface area contributed by atoms with Crippen molar-refractivity contribution >= 4 is 28.1 Å². The van der Waals surface area contributed by atoms with E-state index in [2.05, 4.69) is 26.1 Å². The molecule has 3 rings (SSSR count). The van der Waals surface area contributed by atoms with Gasteiger partial charge in [-0.1, -0.05) is 28.1 Å². The molecule has 1 heterocycles. The van der Waals surface area contributed by atoms with Crippen molar-refractivity contribution in [2.75, 3.05) is 0 Å². The van der Waals surface area contributed by atoms with E-state index in [4.69, 9.17) is 4.42 Å². The summed E-state index contributed by atoms with van der Waals surface area (Å²) in [6.07, 6.45) is 3.47. The summed E-state index contributed by atoms with van der Waals surface area (Å²) in [4.78, 5) is 0. The van der Waals surface area contributed by atoms with Crippen LogP contribution in [0.1, 0.15) is 28.5 Å². The Morgan fingerprint density at radius 1 is 1.08 bits per heavy atom. The zero-order chi connectivity index (χ0) is 17.1. The molecule has 0 bridgehead atoms. The Morgan fingerprint density at radius 2 is 1.92 bits per heavy atom. The molecule has 0 radical (unpaired) electrons. The lowest BCUT2D eigenvalue weighted by Gasteiger charge is -2.01. The lowest BCUT2D eigenvalue weighted by molar-refractivity contribution is 0.496. The Balaban J connectivity index is 1.73. The number of benzene rings is 2. The molecule has 0 N–H and O–H groups in total. The van der Waals surface area contributed by atoms with Gasteiger partial charge in [0.25, 0.3) is 0 Å². The molecule has 0 saturated heterocycles. The minimum absolute atomic E-state index is 0.249. The van der Waals surface area contributed by atoms with E-state index in [0.717, 1.165) is 21.7 Å². The van der Waals surface area contributed by atoms with E-state index in [1.54, 1.807) is 0 Å². The summed E-state index contributed by atoms with van der Waals surface area (Å²) in [6.45, 7) is 2.01. The molecule has 3 nitrogen and oxygen atoms in total. The van der Waals surface area contributed by atoms with E-state index in [0.29, 0.717) is 12.3 Å². The highest BCUT2D eigenvalue weighted by Crippen LogP contribution is 2.20. The van der Waals surface area contributed by atoms with E-state index in [1.807, 2.05) is 25.1 Å². The number of aryl methyl sites for hydroxylation is 1. The van der Waals surface area contributed by atoms with Crippen LogP contribution in [0.3, 0.4) is 0 Å². The van der Waals surface area contributed by atoms with Gasteiger partial charge in [0.05, 0.1) is 6.42 Å². The van der Waals surface area contributed by atoms with Crippen LogP contribution < -0.4 is 0 Å². The second kappa shape index (κ2) is 7.05. The minimum Gasteiger partial charge on any atom is -0.421 e. The lowest BCUT2D eigenvalue weighted by atomic mass is 10.1. The van der Waals surface area contributed by atoms with E-state index >= 15 is 0 Å². The van der Waals surface area contributed by atoms with Gasteiger partial charge in [-0.05, 0) is 42.3 Å². The zero-order valence-corrected chi connectivity index (χ0v) is 14.3. The van der Waals surface area contributed by atoms with Crippen molar-refractivity contribution in [1.82, 2.24) is 10.2 Å². The van der Waals surface area contributed by atoms with Crippen LogP contribution in [0.4, 0.5) is 8.78 Å². The molecule has 0 fully saturated rings. The average molecular weight is 391 g/mol. The normalized spacial score (nSPS) is 11.3. The molecule has 0 unspecified atom stereocenters. The smallest absolute Gasteiger partial charge is 0.240 e. The zero-order valence-electron chi connectivity index (χ0n) is 12.8. The van der Waals surface area contributed by atoms with Gasteiger partial charge in [-0.25, -0.2) is 8.78 Å². The van der Waals surface area contributed by atoms with Crippen LogP contribution in [0, 0.1) is 18.6 Å². The molecular weight excluding hydrogens is 378 g/mol. The van der Waals surface area contributed by atoms with Crippen LogP contribution in [0.15, 0.2) is 45.3 Å². The summed E-state index contributed by atoms with van der Waals surface area (Å²) in [6, 6.07) is 9.37. The fourth-order valence-corrected chi connectivity index (χ4v) is 2.55. The van der Waals surface area contributed by atoms with Crippen LogP contribution in [-0.4, -0.2) is 10.2 Å². The number of hydrogen-bond donors (Lipinski definition) is 0. The Morgan fingerprint density at radius 3 is 2.67 bits per heavy atom. The molecule has 0 amide bonds. The standard InChI is InChI=1S/C18H13BrF2N2O/c1-11-2-3-12(8-15(11)19)9-18-23-22-17(24-18)7-5-13-4-6-14(20)10-16(13)21/h2-8,10H,9H2,1H3/b7-5+. The van der Waals surface area contributed by atoms with E-state index < -0.39 is 11.6 Å². The third-order valence-corrected chi connectivity index (χ3v) is 4.30. The second-order valence-electron chi connectivity index (χ2n) is 5.29. The van der Waals surface area contributed by atoms with Gasteiger partial charge in [-0.2, -0.15) is 0 Å². The van der Waals surface area contributed by atoms with Crippen LogP contribution in [-0.2, 0) is 6.42 Å². The van der Waals surface area contributed by atoms with Gasteiger partial charge in [0.2, 0.25) is 11.8 Å². The highest BCUT2D eigenvalue weighted by Gasteiger charge is 2.07. The molecule has 0 atom stereocenters. The summed E-state index contributed by atoms with van der Waals surface area (Å²) >= 11 is 3.49. The van der Waals surface area contributed by atoms with Crippen molar-refractivity contribution in [2.24, 2.45) is 0 Å². The first-order chi connectivity index (χ1) is 11.5. The van der Waals surface area contributed by atoms with Crippen LogP contribution >= 0.6 is 15.9 Å². The maximum atomic E-state index is 13.6. The lowest BCUT2D eigenvalue weighted by Crippen LogP contribution is -1.89. The Kier molecular flexibility index (Phi) is 4.85. The van der Waals surface area contributed by atoms with Crippen molar-refractivity contribution in [3.63, 3.8) is 0 Å². The first-order valence-electron chi connectivity index (χ1n) is 7.22. The maximum Gasteiger partial charge on any atom is 0.240 e. The molecule has 122 valence electrons. The minimum atomic E-state index is -0.643. The third kappa shape index (κ3) is 3.94. The van der Waals surface area contributed by atoms with Gasteiger partial charge in [-0.15, -0.1) is 10.2 Å². The molecule has 0 spiro atoms. The van der Waals surface area contributed by atoms with Crippen molar-refractivity contribution in [2.45, 2.75) is 13.3 Å². The Hall–Kier alpha value is -2.34. The average Bonchev–Trinajstić information content (AvgIpc) is 2.98. The summed E-state index contributed by atoms with van der Waals surface area (Å²) in [5.74, 6) is -0.533. The number of rotatable bonds is 4. The molecule has 24 heavy (non-hydrogen) atoms. The van der Waals surface area contributed by atoms with Gasteiger partial charge in [-0.3, -0.25) is 0 Å². The fourth-order valence-electron chi connectivity index (χ4n) is 2.12. The van der Waals surface area contributed by atoms with Gasteiger partial charge in [0, 0.05) is 22.2 Å². The number of nitrogens with zero attached hydrogens (tertiary/aromatic N) is 2. The van der Waals surface area contributed by atoms with E-state index in [9.17, 15) is 8.78 Å². The summed E-state index contributed by atoms with van der Waals surface area (Å²) in [5.41, 5.74) is 2.43.